The highest BCUT2D eigenvalue weighted by molar-refractivity contribution is 8.02. The minimum atomic E-state index is -0.365. The van der Waals surface area contributed by atoms with Crippen molar-refractivity contribution in [2.24, 2.45) is 0 Å². The summed E-state index contributed by atoms with van der Waals surface area (Å²) in [4.78, 5) is 27.7. The molecular weight excluding hydrogens is 387 g/mol. The first kappa shape index (κ1) is 19.8. The zero-order chi connectivity index (χ0) is 19.6. The molecule has 27 heavy (non-hydrogen) atoms. The van der Waals surface area contributed by atoms with E-state index in [9.17, 15) is 14.0 Å². The molecule has 0 bridgehead atoms. The standard InChI is InChI=1S/C18H21FN4O2S2/c1-11(16(25)22(3)10-13-5-4-6-14(19)9-13)26-18-21-20-17(27-18)23(12(2)24)15-7-8-15/h4-6,9,11,15H,7-8,10H2,1-3H3. The van der Waals surface area contributed by atoms with Crippen molar-refractivity contribution in [3.05, 3.63) is 35.6 Å². The Kier molecular flexibility index (Phi) is 6.11. The molecule has 0 N–H and O–H groups in total. The number of carbonyl (C=O) groups is 2. The van der Waals surface area contributed by atoms with Crippen LogP contribution in [0.15, 0.2) is 28.6 Å². The molecule has 1 aliphatic carbocycles. The summed E-state index contributed by atoms with van der Waals surface area (Å²) in [6.07, 6.45) is 1.97. The molecule has 1 unspecified atom stereocenters. The number of benzene rings is 1. The van der Waals surface area contributed by atoms with Gasteiger partial charge in [-0.15, -0.1) is 10.2 Å². The van der Waals surface area contributed by atoms with Gasteiger partial charge in [0.1, 0.15) is 5.82 Å². The minimum absolute atomic E-state index is 0.0378. The molecule has 6 nitrogen and oxygen atoms in total. The molecule has 0 saturated heterocycles. The Labute approximate surface area is 165 Å². The quantitative estimate of drug-likeness (QED) is 0.519. The molecule has 0 aliphatic heterocycles. The third kappa shape index (κ3) is 5.04. The molecule has 1 fully saturated rings. The molecule has 3 rings (SSSR count). The van der Waals surface area contributed by atoms with Gasteiger partial charge in [-0.1, -0.05) is 35.2 Å². The average molecular weight is 409 g/mol. The number of amides is 2. The van der Waals surface area contributed by atoms with Gasteiger partial charge in [0, 0.05) is 26.6 Å². The third-order valence-corrected chi connectivity index (χ3v) is 6.26. The van der Waals surface area contributed by atoms with Crippen LogP contribution in [0.3, 0.4) is 0 Å². The highest BCUT2D eigenvalue weighted by Gasteiger charge is 2.34. The van der Waals surface area contributed by atoms with Crippen molar-refractivity contribution in [3.63, 3.8) is 0 Å². The predicted octanol–water partition coefficient (Wildman–Crippen LogP) is 3.33. The summed E-state index contributed by atoms with van der Waals surface area (Å²) >= 11 is 2.64. The van der Waals surface area contributed by atoms with Crippen molar-refractivity contribution in [2.75, 3.05) is 11.9 Å². The highest BCUT2D eigenvalue weighted by atomic mass is 32.2. The van der Waals surface area contributed by atoms with Gasteiger partial charge < -0.3 is 4.90 Å². The van der Waals surface area contributed by atoms with E-state index in [0.717, 1.165) is 18.4 Å². The van der Waals surface area contributed by atoms with E-state index in [1.54, 1.807) is 35.9 Å². The molecule has 2 amide bonds. The third-order valence-electron chi connectivity index (χ3n) is 4.16. The molecule has 0 radical (unpaired) electrons. The summed E-state index contributed by atoms with van der Waals surface area (Å²) in [5.41, 5.74) is 0.739. The molecule has 1 aliphatic rings. The first-order valence-corrected chi connectivity index (χ1v) is 10.3. The first-order valence-electron chi connectivity index (χ1n) is 8.64. The number of thioether (sulfide) groups is 1. The van der Waals surface area contributed by atoms with Crippen molar-refractivity contribution in [3.8, 4) is 0 Å². The molecule has 144 valence electrons. The SMILES string of the molecule is CC(=O)N(c1nnc(SC(C)C(=O)N(C)Cc2cccc(F)c2)s1)C1CC1. The number of hydrogen-bond acceptors (Lipinski definition) is 6. The summed E-state index contributed by atoms with van der Waals surface area (Å²) in [5.74, 6) is -0.432. The lowest BCUT2D eigenvalue weighted by Gasteiger charge is -2.20. The Hall–Kier alpha value is -2.00. The van der Waals surface area contributed by atoms with Gasteiger partial charge in [-0.05, 0) is 37.5 Å². The second-order valence-corrected chi connectivity index (χ2v) is 9.10. The van der Waals surface area contributed by atoms with E-state index in [1.165, 1.54) is 42.2 Å². The van der Waals surface area contributed by atoms with Crippen LogP contribution >= 0.6 is 23.1 Å². The van der Waals surface area contributed by atoms with Gasteiger partial charge in [0.15, 0.2) is 4.34 Å². The topological polar surface area (TPSA) is 66.4 Å². The second-order valence-electron chi connectivity index (χ2n) is 6.56. The van der Waals surface area contributed by atoms with Gasteiger partial charge in [0.25, 0.3) is 0 Å². The number of rotatable bonds is 7. The van der Waals surface area contributed by atoms with Crippen LogP contribution in [0.2, 0.25) is 0 Å². The maximum Gasteiger partial charge on any atom is 0.235 e. The van der Waals surface area contributed by atoms with Gasteiger partial charge in [0.2, 0.25) is 16.9 Å². The van der Waals surface area contributed by atoms with Crippen LogP contribution in [-0.2, 0) is 16.1 Å². The number of hydrogen-bond donors (Lipinski definition) is 0. The van der Waals surface area contributed by atoms with Crippen molar-refractivity contribution in [1.29, 1.82) is 0 Å². The van der Waals surface area contributed by atoms with Gasteiger partial charge in [0.05, 0.1) is 5.25 Å². The monoisotopic (exact) mass is 408 g/mol. The average Bonchev–Trinajstić information content (AvgIpc) is 3.33. The number of nitrogens with zero attached hydrogens (tertiary/aromatic N) is 4. The van der Waals surface area contributed by atoms with Crippen molar-refractivity contribution in [2.45, 2.75) is 48.9 Å². The molecule has 0 spiro atoms. The van der Waals surface area contributed by atoms with Crippen LogP contribution in [0.4, 0.5) is 9.52 Å². The van der Waals surface area contributed by atoms with Crippen LogP contribution in [0, 0.1) is 5.82 Å². The minimum Gasteiger partial charge on any atom is -0.340 e. The fourth-order valence-electron chi connectivity index (χ4n) is 2.73. The summed E-state index contributed by atoms with van der Waals surface area (Å²) in [5, 5.41) is 8.46. The zero-order valence-electron chi connectivity index (χ0n) is 15.4. The molecule has 1 heterocycles. The summed E-state index contributed by atoms with van der Waals surface area (Å²) < 4.78 is 14.0. The normalized spacial score (nSPS) is 14.7. The molecule has 1 saturated carbocycles. The molecule has 1 aromatic carbocycles. The van der Waals surface area contributed by atoms with Crippen molar-refractivity contribution in [1.82, 2.24) is 15.1 Å². The van der Waals surface area contributed by atoms with Gasteiger partial charge in [-0.3, -0.25) is 14.5 Å². The fraction of sp³-hybridized carbons (Fsp3) is 0.444. The number of aromatic nitrogens is 2. The lowest BCUT2D eigenvalue weighted by molar-refractivity contribution is -0.129. The van der Waals surface area contributed by atoms with Crippen LogP contribution in [0.1, 0.15) is 32.3 Å². The Morgan fingerprint density at radius 2 is 2.11 bits per heavy atom. The van der Waals surface area contributed by atoms with E-state index in [2.05, 4.69) is 10.2 Å². The summed E-state index contributed by atoms with van der Waals surface area (Å²) in [6, 6.07) is 6.45. The number of halogens is 1. The second kappa shape index (κ2) is 8.35. The Morgan fingerprint density at radius 3 is 2.74 bits per heavy atom. The van der Waals surface area contributed by atoms with Crippen LogP contribution in [-0.4, -0.2) is 45.3 Å². The fourth-order valence-corrected chi connectivity index (χ4v) is 4.94. The highest BCUT2D eigenvalue weighted by Crippen LogP contribution is 2.36. The lowest BCUT2D eigenvalue weighted by atomic mass is 10.2. The van der Waals surface area contributed by atoms with Crippen molar-refractivity contribution < 1.29 is 14.0 Å². The van der Waals surface area contributed by atoms with E-state index < -0.39 is 0 Å². The van der Waals surface area contributed by atoms with E-state index in [4.69, 9.17) is 0 Å². The predicted molar refractivity (Wildman–Crippen MR) is 104 cm³/mol. The molecule has 9 heteroatoms. The number of anilines is 1. The van der Waals surface area contributed by atoms with Gasteiger partial charge in [-0.2, -0.15) is 0 Å². The summed E-state index contributed by atoms with van der Waals surface area (Å²) in [7, 11) is 1.69. The zero-order valence-corrected chi connectivity index (χ0v) is 17.0. The van der Waals surface area contributed by atoms with E-state index in [1.807, 2.05) is 0 Å². The Morgan fingerprint density at radius 1 is 1.37 bits per heavy atom. The number of carbonyl (C=O) groups excluding carboxylic acids is 2. The van der Waals surface area contributed by atoms with Crippen LogP contribution < -0.4 is 4.90 Å². The first-order chi connectivity index (χ1) is 12.8. The smallest absolute Gasteiger partial charge is 0.235 e. The van der Waals surface area contributed by atoms with Crippen LogP contribution in [0.25, 0.3) is 0 Å². The van der Waals surface area contributed by atoms with E-state index in [-0.39, 0.29) is 28.9 Å². The largest absolute Gasteiger partial charge is 0.340 e. The Balaban J connectivity index is 1.60. The maximum absolute atomic E-state index is 13.3. The Bertz CT molecular complexity index is 840. The lowest BCUT2D eigenvalue weighted by Crippen LogP contribution is -2.32. The van der Waals surface area contributed by atoms with Gasteiger partial charge >= 0.3 is 0 Å². The molecule has 2 aromatic rings. The van der Waals surface area contributed by atoms with Crippen molar-refractivity contribution >= 4 is 40.0 Å². The van der Waals surface area contributed by atoms with E-state index >= 15 is 0 Å². The maximum atomic E-state index is 13.3. The molecular formula is C18H21FN4O2S2. The molecule has 1 aromatic heterocycles. The van der Waals surface area contributed by atoms with Gasteiger partial charge in [-0.25, -0.2) is 4.39 Å². The molecule has 1 atom stereocenters. The van der Waals surface area contributed by atoms with Crippen LogP contribution in [0.5, 0.6) is 0 Å². The summed E-state index contributed by atoms with van der Waals surface area (Å²) in [6.45, 7) is 3.67. The van der Waals surface area contributed by atoms with E-state index in [0.29, 0.717) is 16.0 Å².